The molecule has 0 spiro atoms. The third kappa shape index (κ3) is 3.66. The van der Waals surface area contributed by atoms with Crippen LogP contribution >= 0.6 is 0 Å². The first kappa shape index (κ1) is 20.3. The third-order valence-corrected chi connectivity index (χ3v) is 5.34. The topological polar surface area (TPSA) is 100 Å². The van der Waals surface area contributed by atoms with Gasteiger partial charge in [0.25, 0.3) is 11.7 Å². The first-order valence-electron chi connectivity index (χ1n) is 9.65. The summed E-state index contributed by atoms with van der Waals surface area (Å²) in [5.74, 6) is -0.607. The monoisotopic (exact) mass is 419 g/mol. The number of aliphatic hydroxyl groups is 1. The van der Waals surface area contributed by atoms with Crippen molar-refractivity contribution in [2.24, 2.45) is 0 Å². The number of Topliss-reactive ketones (excluding diaryl/α,β-unsaturated/α-hetero) is 1. The first-order valence-corrected chi connectivity index (χ1v) is 9.65. The molecule has 3 aromatic rings. The molecular formula is C24H21NO6. The van der Waals surface area contributed by atoms with E-state index < -0.39 is 17.7 Å². The Labute approximate surface area is 178 Å². The number of phenols is 1. The van der Waals surface area contributed by atoms with Gasteiger partial charge in [0.15, 0.2) is 0 Å². The Balaban J connectivity index is 1.87. The molecule has 1 saturated heterocycles. The Bertz CT molecular complexity index is 1160. The van der Waals surface area contributed by atoms with Crippen LogP contribution in [0.2, 0.25) is 0 Å². The van der Waals surface area contributed by atoms with E-state index in [1.54, 1.807) is 56.5 Å². The summed E-state index contributed by atoms with van der Waals surface area (Å²) in [5, 5.41) is 20.8. The fourth-order valence-electron chi connectivity index (χ4n) is 3.79. The Morgan fingerprint density at radius 2 is 1.87 bits per heavy atom. The van der Waals surface area contributed by atoms with Gasteiger partial charge in [0, 0.05) is 5.56 Å². The second-order valence-electron chi connectivity index (χ2n) is 7.28. The van der Waals surface area contributed by atoms with Gasteiger partial charge in [-0.2, -0.15) is 0 Å². The highest BCUT2D eigenvalue weighted by molar-refractivity contribution is 6.46. The normalized spacial score (nSPS) is 17.9. The number of hydrogen-bond acceptors (Lipinski definition) is 6. The van der Waals surface area contributed by atoms with E-state index in [0.29, 0.717) is 28.2 Å². The molecule has 31 heavy (non-hydrogen) atoms. The standard InChI is InChI=1S/C24H21NO6/c1-14-12-17(30-2)9-10-19(14)22(27)20-21(15-5-7-16(26)8-6-15)25(24(29)23(20)28)13-18-4-3-11-31-18/h3-12,21,26-27H,13H2,1-2H3/b22-20-. The van der Waals surface area contributed by atoms with Gasteiger partial charge in [-0.25, -0.2) is 0 Å². The summed E-state index contributed by atoms with van der Waals surface area (Å²) in [6, 6.07) is 13.8. The van der Waals surface area contributed by atoms with Crippen LogP contribution in [0.4, 0.5) is 0 Å². The fourth-order valence-corrected chi connectivity index (χ4v) is 3.79. The van der Waals surface area contributed by atoms with Gasteiger partial charge in [-0.15, -0.1) is 0 Å². The van der Waals surface area contributed by atoms with E-state index in [2.05, 4.69) is 0 Å². The van der Waals surface area contributed by atoms with E-state index in [0.717, 1.165) is 0 Å². The molecule has 1 unspecified atom stereocenters. The lowest BCUT2D eigenvalue weighted by atomic mass is 9.94. The average molecular weight is 419 g/mol. The minimum absolute atomic E-state index is 0.0180. The van der Waals surface area contributed by atoms with Crippen LogP contribution in [0.3, 0.4) is 0 Å². The molecule has 1 atom stereocenters. The number of likely N-dealkylation sites (tertiary alicyclic amines) is 1. The molecular weight excluding hydrogens is 398 g/mol. The quantitative estimate of drug-likeness (QED) is 0.369. The molecule has 1 aliphatic rings. The zero-order chi connectivity index (χ0) is 22.1. The summed E-state index contributed by atoms with van der Waals surface area (Å²) in [5.41, 5.74) is 1.69. The summed E-state index contributed by atoms with van der Waals surface area (Å²) in [7, 11) is 1.54. The van der Waals surface area contributed by atoms with Crippen molar-refractivity contribution >= 4 is 17.4 Å². The molecule has 2 aromatic carbocycles. The van der Waals surface area contributed by atoms with Gasteiger partial charge in [-0.1, -0.05) is 12.1 Å². The number of carbonyl (C=O) groups excluding carboxylic acids is 2. The van der Waals surface area contributed by atoms with E-state index in [1.165, 1.54) is 23.3 Å². The van der Waals surface area contributed by atoms with E-state index in [-0.39, 0.29) is 23.6 Å². The van der Waals surface area contributed by atoms with Crippen molar-refractivity contribution in [1.82, 2.24) is 4.90 Å². The molecule has 1 aliphatic heterocycles. The zero-order valence-electron chi connectivity index (χ0n) is 17.0. The number of aliphatic hydroxyl groups excluding tert-OH is 1. The molecule has 2 N–H and O–H groups in total. The van der Waals surface area contributed by atoms with Crippen molar-refractivity contribution in [2.75, 3.05) is 7.11 Å². The second-order valence-corrected chi connectivity index (χ2v) is 7.28. The van der Waals surface area contributed by atoms with Crippen molar-refractivity contribution in [3.8, 4) is 11.5 Å². The van der Waals surface area contributed by atoms with Gasteiger partial charge in [0.05, 0.1) is 31.5 Å². The van der Waals surface area contributed by atoms with E-state index in [4.69, 9.17) is 9.15 Å². The summed E-state index contributed by atoms with van der Waals surface area (Å²) in [4.78, 5) is 27.3. The number of carbonyl (C=O) groups is 2. The summed E-state index contributed by atoms with van der Waals surface area (Å²) in [6.45, 7) is 1.84. The number of rotatable bonds is 5. The number of phenolic OH excluding ortho intramolecular Hbond substituents is 1. The number of ether oxygens (including phenoxy) is 1. The van der Waals surface area contributed by atoms with Crippen LogP contribution in [-0.4, -0.2) is 33.9 Å². The number of benzene rings is 2. The molecule has 158 valence electrons. The lowest BCUT2D eigenvalue weighted by molar-refractivity contribution is -0.140. The van der Waals surface area contributed by atoms with Gasteiger partial charge in [-0.05, 0) is 60.5 Å². The fraction of sp³-hybridized carbons (Fsp3) is 0.167. The van der Waals surface area contributed by atoms with Crippen molar-refractivity contribution in [3.05, 3.63) is 88.9 Å². The van der Waals surface area contributed by atoms with Crippen LogP contribution in [-0.2, 0) is 16.1 Å². The van der Waals surface area contributed by atoms with E-state index in [1.807, 2.05) is 0 Å². The highest BCUT2D eigenvalue weighted by Crippen LogP contribution is 2.41. The molecule has 4 rings (SSSR count). The van der Waals surface area contributed by atoms with Gasteiger partial charge < -0.3 is 24.3 Å². The lowest BCUT2D eigenvalue weighted by Crippen LogP contribution is -2.29. The Kier molecular flexibility index (Phi) is 5.25. The summed E-state index contributed by atoms with van der Waals surface area (Å²) < 4.78 is 10.6. The van der Waals surface area contributed by atoms with Gasteiger partial charge >= 0.3 is 0 Å². The van der Waals surface area contributed by atoms with Crippen LogP contribution in [0.5, 0.6) is 11.5 Å². The lowest BCUT2D eigenvalue weighted by Gasteiger charge is -2.24. The number of aromatic hydroxyl groups is 1. The van der Waals surface area contributed by atoms with E-state index >= 15 is 0 Å². The molecule has 7 heteroatoms. The molecule has 0 saturated carbocycles. The number of aryl methyl sites for hydroxylation is 1. The van der Waals surface area contributed by atoms with Gasteiger partial charge in [0.1, 0.15) is 23.0 Å². The molecule has 1 amide bonds. The predicted octanol–water partition coefficient (Wildman–Crippen LogP) is 3.92. The number of furan rings is 1. The van der Waals surface area contributed by atoms with Crippen LogP contribution in [0.1, 0.15) is 28.5 Å². The number of ketones is 1. The predicted molar refractivity (Wildman–Crippen MR) is 112 cm³/mol. The third-order valence-electron chi connectivity index (χ3n) is 5.34. The smallest absolute Gasteiger partial charge is 0.296 e. The Hall–Kier alpha value is -4.00. The zero-order valence-corrected chi connectivity index (χ0v) is 17.0. The average Bonchev–Trinajstić information content (AvgIpc) is 3.36. The molecule has 1 fully saturated rings. The van der Waals surface area contributed by atoms with Crippen LogP contribution < -0.4 is 4.74 Å². The van der Waals surface area contributed by atoms with Crippen molar-refractivity contribution < 1.29 is 29.0 Å². The highest BCUT2D eigenvalue weighted by Gasteiger charge is 2.46. The second kappa shape index (κ2) is 8.02. The molecule has 0 bridgehead atoms. The van der Waals surface area contributed by atoms with Crippen LogP contribution in [0.25, 0.3) is 5.76 Å². The molecule has 2 heterocycles. The number of nitrogens with zero attached hydrogens (tertiary/aromatic N) is 1. The first-order chi connectivity index (χ1) is 14.9. The molecule has 1 aromatic heterocycles. The molecule has 0 aliphatic carbocycles. The van der Waals surface area contributed by atoms with E-state index in [9.17, 15) is 19.8 Å². The number of methoxy groups -OCH3 is 1. The maximum absolute atomic E-state index is 13.0. The summed E-state index contributed by atoms with van der Waals surface area (Å²) >= 11 is 0. The van der Waals surface area contributed by atoms with Crippen LogP contribution in [0.15, 0.2) is 70.9 Å². The van der Waals surface area contributed by atoms with Gasteiger partial charge in [0.2, 0.25) is 0 Å². The van der Waals surface area contributed by atoms with Crippen LogP contribution in [0, 0.1) is 6.92 Å². The number of amides is 1. The SMILES string of the molecule is COc1ccc(/C(O)=C2/C(=O)C(=O)N(Cc3ccco3)C2c2ccc(O)cc2)c(C)c1. The minimum atomic E-state index is -0.841. The van der Waals surface area contributed by atoms with Crippen molar-refractivity contribution in [2.45, 2.75) is 19.5 Å². The van der Waals surface area contributed by atoms with Crippen molar-refractivity contribution in [1.29, 1.82) is 0 Å². The maximum atomic E-state index is 13.0. The molecule has 7 nitrogen and oxygen atoms in total. The van der Waals surface area contributed by atoms with Crippen molar-refractivity contribution in [3.63, 3.8) is 0 Å². The van der Waals surface area contributed by atoms with Gasteiger partial charge in [-0.3, -0.25) is 9.59 Å². The Morgan fingerprint density at radius 1 is 1.13 bits per heavy atom. The maximum Gasteiger partial charge on any atom is 0.296 e. The highest BCUT2D eigenvalue weighted by atomic mass is 16.5. The Morgan fingerprint density at radius 3 is 2.48 bits per heavy atom. The largest absolute Gasteiger partial charge is 0.508 e. The minimum Gasteiger partial charge on any atom is -0.508 e. The number of hydrogen-bond donors (Lipinski definition) is 2. The molecule has 0 radical (unpaired) electrons. The summed E-state index contributed by atoms with van der Waals surface area (Å²) in [6.07, 6.45) is 1.49.